The monoisotopic (exact) mass is 1160 g/mol. The van der Waals surface area contributed by atoms with Crippen LogP contribution in [-0.2, 0) is 49.8 Å². The first-order valence-corrected chi connectivity index (χ1v) is 26.1. The Balaban J connectivity index is 0.00000641. The first kappa shape index (κ1) is 51.4. The number of rotatable bonds is 6. The number of phenols is 1. The van der Waals surface area contributed by atoms with E-state index in [1.54, 1.807) is 0 Å². The summed E-state index contributed by atoms with van der Waals surface area (Å²) in [5.41, 5.74) is 18.5. The molecule has 3 heterocycles. The molecular formula is C69H67N4OPt-. The molecule has 0 aliphatic carbocycles. The summed E-state index contributed by atoms with van der Waals surface area (Å²) in [5.74, 6) is 0.889. The number of imidazole rings is 1. The van der Waals surface area contributed by atoms with Gasteiger partial charge in [-0.2, -0.15) is 0 Å². The zero-order valence-electron chi connectivity index (χ0n) is 45.6. The molecule has 11 rings (SSSR count). The number of fused-ring (bicyclic) bond motifs is 5. The van der Waals surface area contributed by atoms with Crippen molar-refractivity contribution >= 4 is 43.6 Å². The standard InChI is InChI=1S/C69H67N4O.Pt/c1-66(2,3)47-28-30-51-42(35-47)27-31-57(69(10,11)12)62(51)44-26-29-55(61(74)39-44)65-71-63-56(40-49(68(7,8)9)41-60(63)72(65)13)45-34-46(37-48(36-45)67(4,5)6)58-38-43(32-33-70-58)52-23-19-24-54-53-22-17-18-25-59(53)73(64(52)54)50-20-15-14-16-21-50;/h14-33,35-41,74H,1-13H3;/q-1;. The summed E-state index contributed by atoms with van der Waals surface area (Å²) >= 11 is 0. The number of para-hydroxylation sites is 3. The van der Waals surface area contributed by atoms with E-state index in [1.165, 1.54) is 49.3 Å². The smallest absolute Gasteiger partial charge is 0.143 e. The second kappa shape index (κ2) is 18.6. The number of aromatic nitrogens is 4. The van der Waals surface area contributed by atoms with Crippen molar-refractivity contribution in [3.8, 4) is 67.5 Å². The summed E-state index contributed by atoms with van der Waals surface area (Å²) in [4.78, 5) is 10.6. The molecule has 0 atom stereocenters. The number of nitrogens with zero attached hydrogens (tertiary/aromatic N) is 4. The maximum absolute atomic E-state index is 12.2. The van der Waals surface area contributed by atoms with Gasteiger partial charge in [-0.1, -0.05) is 197 Å². The molecule has 3 aromatic heterocycles. The molecule has 0 unspecified atom stereocenters. The number of benzene rings is 8. The van der Waals surface area contributed by atoms with E-state index in [-0.39, 0.29) is 48.5 Å². The molecule has 0 radical (unpaired) electrons. The molecule has 0 saturated carbocycles. The molecule has 0 bridgehead atoms. The molecule has 0 amide bonds. The van der Waals surface area contributed by atoms with Gasteiger partial charge in [0.1, 0.15) is 11.6 Å². The van der Waals surface area contributed by atoms with Crippen molar-refractivity contribution in [3.05, 3.63) is 192 Å². The van der Waals surface area contributed by atoms with E-state index in [2.05, 4.69) is 251 Å². The second-order valence-corrected chi connectivity index (χ2v) is 24.6. The van der Waals surface area contributed by atoms with Gasteiger partial charge in [0.05, 0.1) is 27.6 Å². The van der Waals surface area contributed by atoms with Gasteiger partial charge in [-0.3, -0.25) is 4.98 Å². The van der Waals surface area contributed by atoms with Gasteiger partial charge in [-0.25, -0.2) is 4.98 Å². The summed E-state index contributed by atoms with van der Waals surface area (Å²) in [6, 6.07) is 60.9. The Morgan fingerprint density at radius 1 is 0.493 bits per heavy atom. The average molecular weight is 1160 g/mol. The summed E-state index contributed by atoms with van der Waals surface area (Å²) in [6.07, 6.45) is 1.94. The molecule has 1 N–H and O–H groups in total. The van der Waals surface area contributed by atoms with E-state index in [9.17, 15) is 5.11 Å². The molecule has 5 nitrogen and oxygen atoms in total. The Labute approximate surface area is 457 Å². The van der Waals surface area contributed by atoms with Crippen LogP contribution in [0.1, 0.15) is 105 Å². The molecule has 6 heteroatoms. The molecule has 0 aliphatic heterocycles. The van der Waals surface area contributed by atoms with Crippen molar-refractivity contribution in [1.29, 1.82) is 0 Å². The molecule has 0 fully saturated rings. The van der Waals surface area contributed by atoms with E-state index >= 15 is 0 Å². The molecule has 8 aromatic carbocycles. The van der Waals surface area contributed by atoms with Gasteiger partial charge in [-0.05, 0) is 108 Å². The first-order valence-electron chi connectivity index (χ1n) is 26.1. The van der Waals surface area contributed by atoms with Gasteiger partial charge in [0, 0.05) is 62.0 Å². The molecule has 380 valence electrons. The van der Waals surface area contributed by atoms with E-state index in [0.717, 1.165) is 66.9 Å². The van der Waals surface area contributed by atoms with Crippen molar-refractivity contribution in [1.82, 2.24) is 19.1 Å². The fourth-order valence-corrected chi connectivity index (χ4v) is 10.9. The molecule has 11 aromatic rings. The van der Waals surface area contributed by atoms with E-state index < -0.39 is 0 Å². The number of hydrogen-bond donors (Lipinski definition) is 1. The van der Waals surface area contributed by atoms with Gasteiger partial charge in [0.25, 0.3) is 0 Å². The Morgan fingerprint density at radius 3 is 1.88 bits per heavy atom. The van der Waals surface area contributed by atoms with E-state index in [1.807, 2.05) is 18.3 Å². The van der Waals surface area contributed by atoms with Crippen LogP contribution in [-0.4, -0.2) is 24.2 Å². The van der Waals surface area contributed by atoms with Gasteiger partial charge in [-0.15, -0.1) is 29.3 Å². The van der Waals surface area contributed by atoms with E-state index in [4.69, 9.17) is 9.97 Å². The molecular weight excluding hydrogens is 1100 g/mol. The maximum Gasteiger partial charge on any atom is 0.143 e. The minimum atomic E-state index is -0.187. The number of pyridine rings is 1. The van der Waals surface area contributed by atoms with Gasteiger partial charge in [0.2, 0.25) is 0 Å². The largest absolute Gasteiger partial charge is 0.507 e. The Hall–Kier alpha value is -7.07. The van der Waals surface area contributed by atoms with Crippen LogP contribution in [0.15, 0.2) is 164 Å². The Kier molecular flexibility index (Phi) is 12.8. The number of phenolic OH excluding ortho intramolecular Hbond substituents is 1. The van der Waals surface area contributed by atoms with Crippen LogP contribution >= 0.6 is 0 Å². The van der Waals surface area contributed by atoms with Crippen molar-refractivity contribution in [2.45, 2.75) is 105 Å². The van der Waals surface area contributed by atoms with Crippen molar-refractivity contribution < 1.29 is 26.2 Å². The third kappa shape index (κ3) is 9.22. The zero-order chi connectivity index (χ0) is 52.2. The third-order valence-corrected chi connectivity index (χ3v) is 15.2. The number of aryl methyl sites for hydroxylation is 1. The van der Waals surface area contributed by atoms with Gasteiger partial charge < -0.3 is 14.2 Å². The normalized spacial score (nSPS) is 12.5. The van der Waals surface area contributed by atoms with Crippen molar-refractivity contribution in [2.75, 3.05) is 0 Å². The van der Waals surface area contributed by atoms with Gasteiger partial charge in [0.15, 0.2) is 0 Å². The predicted octanol–water partition coefficient (Wildman–Crippen LogP) is 18.2. The summed E-state index contributed by atoms with van der Waals surface area (Å²) in [7, 11) is 2.07. The Morgan fingerprint density at radius 2 is 1.17 bits per heavy atom. The van der Waals surface area contributed by atoms with Crippen LogP contribution in [0.2, 0.25) is 0 Å². The van der Waals surface area contributed by atoms with Gasteiger partial charge >= 0.3 is 0 Å². The fraction of sp³-hybridized carbons (Fsp3) is 0.246. The minimum Gasteiger partial charge on any atom is -0.507 e. The quantitative estimate of drug-likeness (QED) is 0.169. The topological polar surface area (TPSA) is 55.9 Å². The first-order chi connectivity index (χ1) is 35.0. The SMILES string of the molecule is Cn1c(-c2ccc(-c3c(C(C)(C)C)ccc4cc(C(C)(C)C)ccc34)cc2O)nc2c(-c3[c-]c(-c4cc(-c5cccc6c7ccccc7n(-c7ccccc7)c56)ccn4)cc(C(C)(C)C)c3)cc(C(C)(C)C)cc21.[Pt]. The average Bonchev–Trinajstić information content (AvgIpc) is 3.91. The second-order valence-electron chi connectivity index (χ2n) is 24.6. The number of aromatic hydroxyl groups is 1. The summed E-state index contributed by atoms with van der Waals surface area (Å²) in [6.45, 7) is 27.1. The Bertz CT molecular complexity index is 4020. The van der Waals surface area contributed by atoms with Crippen molar-refractivity contribution in [2.24, 2.45) is 7.05 Å². The van der Waals surface area contributed by atoms with Crippen LogP contribution in [0, 0.1) is 6.07 Å². The van der Waals surface area contributed by atoms with Crippen molar-refractivity contribution in [3.63, 3.8) is 0 Å². The van der Waals surface area contributed by atoms with Crippen LogP contribution < -0.4 is 0 Å². The molecule has 75 heavy (non-hydrogen) atoms. The fourth-order valence-electron chi connectivity index (χ4n) is 10.9. The van der Waals surface area contributed by atoms with Crippen LogP contribution in [0.5, 0.6) is 5.75 Å². The summed E-state index contributed by atoms with van der Waals surface area (Å²) in [5, 5.41) is 17.0. The molecule has 0 aliphatic rings. The summed E-state index contributed by atoms with van der Waals surface area (Å²) < 4.78 is 4.54. The molecule has 0 spiro atoms. The van der Waals surface area contributed by atoms with E-state index in [0.29, 0.717) is 11.4 Å². The zero-order valence-corrected chi connectivity index (χ0v) is 47.9. The molecule has 0 saturated heterocycles. The third-order valence-electron chi connectivity index (χ3n) is 15.2. The van der Waals surface area contributed by atoms with Crippen LogP contribution in [0.25, 0.3) is 105 Å². The minimum absolute atomic E-state index is 0. The number of hydrogen-bond acceptors (Lipinski definition) is 3. The van der Waals surface area contributed by atoms with Crippen LogP contribution in [0.4, 0.5) is 0 Å². The maximum atomic E-state index is 12.2. The predicted molar refractivity (Wildman–Crippen MR) is 313 cm³/mol. The van der Waals surface area contributed by atoms with Crippen LogP contribution in [0.3, 0.4) is 0 Å².